The average molecular weight is 237 g/mol. The van der Waals surface area contributed by atoms with Gasteiger partial charge >= 0.3 is 0 Å². The quantitative estimate of drug-likeness (QED) is 0.658. The van der Waals surface area contributed by atoms with E-state index in [1.807, 2.05) is 0 Å². The Balaban J connectivity index is 2.74. The Bertz CT molecular complexity index is 445. The van der Waals surface area contributed by atoms with Gasteiger partial charge in [0.25, 0.3) is 0 Å². The molecule has 2 amide bonds. The number of amides is 2. The van der Waals surface area contributed by atoms with Gasteiger partial charge in [-0.1, -0.05) is 6.07 Å². The largest absolute Gasteiger partial charge is 0.366 e. The summed E-state index contributed by atoms with van der Waals surface area (Å²) in [5, 5.41) is 5.34. The number of carbonyl (C=O) groups excluding carboxylic acids is 2. The summed E-state index contributed by atoms with van der Waals surface area (Å²) in [4.78, 5) is 21.6. The third kappa shape index (κ3) is 3.66. The van der Waals surface area contributed by atoms with Gasteiger partial charge in [0.2, 0.25) is 11.8 Å². The van der Waals surface area contributed by atoms with E-state index >= 15 is 0 Å². The van der Waals surface area contributed by atoms with Crippen molar-refractivity contribution in [3.63, 3.8) is 0 Å². The van der Waals surface area contributed by atoms with Gasteiger partial charge in [0.05, 0.1) is 0 Å². The number of carbonyl (C=O) groups is 2. The van der Waals surface area contributed by atoms with E-state index in [1.165, 1.54) is 6.92 Å². The van der Waals surface area contributed by atoms with E-state index in [4.69, 9.17) is 18.0 Å². The molecule has 0 radical (unpaired) electrons. The predicted octanol–water partition coefficient (Wildman–Crippen LogP) is 0.618. The van der Waals surface area contributed by atoms with Crippen molar-refractivity contribution in [3.8, 4) is 0 Å². The molecule has 1 aromatic carbocycles. The Kier molecular flexibility index (Phi) is 3.96. The van der Waals surface area contributed by atoms with Crippen molar-refractivity contribution in [2.45, 2.75) is 6.92 Å². The third-order valence-corrected chi connectivity index (χ3v) is 1.90. The number of primary amides is 1. The fourth-order valence-corrected chi connectivity index (χ4v) is 1.33. The maximum absolute atomic E-state index is 10.9. The highest BCUT2D eigenvalue weighted by molar-refractivity contribution is 7.80. The van der Waals surface area contributed by atoms with Crippen LogP contribution in [-0.4, -0.2) is 16.9 Å². The Morgan fingerprint density at radius 2 is 2.06 bits per heavy atom. The Morgan fingerprint density at radius 1 is 1.38 bits per heavy atom. The highest BCUT2D eigenvalue weighted by Crippen LogP contribution is 2.09. The van der Waals surface area contributed by atoms with Crippen molar-refractivity contribution in [2.75, 3.05) is 5.32 Å². The summed E-state index contributed by atoms with van der Waals surface area (Å²) in [7, 11) is 0. The lowest BCUT2D eigenvalue weighted by molar-refractivity contribution is -0.117. The second-order valence-electron chi connectivity index (χ2n) is 3.08. The molecule has 6 heteroatoms. The van der Waals surface area contributed by atoms with Crippen molar-refractivity contribution < 1.29 is 9.59 Å². The molecule has 0 heterocycles. The molecule has 0 fully saturated rings. The maximum Gasteiger partial charge on any atom is 0.248 e. The van der Waals surface area contributed by atoms with E-state index in [2.05, 4.69) is 10.6 Å². The first-order valence-electron chi connectivity index (χ1n) is 4.47. The van der Waals surface area contributed by atoms with Crippen LogP contribution in [0.2, 0.25) is 0 Å². The van der Waals surface area contributed by atoms with Crippen molar-refractivity contribution in [1.29, 1.82) is 0 Å². The molecule has 0 aromatic heterocycles. The molecule has 0 spiro atoms. The van der Waals surface area contributed by atoms with Crippen LogP contribution in [0.15, 0.2) is 24.3 Å². The van der Waals surface area contributed by atoms with Crippen LogP contribution in [0, 0.1) is 0 Å². The number of anilines is 1. The van der Waals surface area contributed by atoms with Crippen LogP contribution in [-0.2, 0) is 4.79 Å². The molecule has 0 saturated heterocycles. The summed E-state index contributed by atoms with van der Waals surface area (Å²) >= 11 is 4.86. The molecule has 4 N–H and O–H groups in total. The fraction of sp³-hybridized carbons (Fsp3) is 0.100. The zero-order valence-electron chi connectivity index (χ0n) is 8.61. The van der Waals surface area contributed by atoms with Gasteiger partial charge in [-0.15, -0.1) is 0 Å². The van der Waals surface area contributed by atoms with Gasteiger partial charge in [0.15, 0.2) is 5.11 Å². The summed E-state index contributed by atoms with van der Waals surface area (Å²) in [6.45, 7) is 1.35. The normalized spacial score (nSPS) is 9.31. The van der Waals surface area contributed by atoms with Crippen LogP contribution in [0.5, 0.6) is 0 Å². The lowest BCUT2D eigenvalue weighted by atomic mass is 10.2. The lowest BCUT2D eigenvalue weighted by Gasteiger charge is -2.08. The predicted molar refractivity (Wildman–Crippen MR) is 65.0 cm³/mol. The zero-order valence-corrected chi connectivity index (χ0v) is 9.43. The van der Waals surface area contributed by atoms with E-state index in [0.717, 1.165) is 0 Å². The summed E-state index contributed by atoms with van der Waals surface area (Å²) in [5.74, 6) is -0.780. The molecule has 1 rings (SSSR count). The lowest BCUT2D eigenvalue weighted by Crippen LogP contribution is -2.32. The molecule has 0 saturated carbocycles. The van der Waals surface area contributed by atoms with E-state index in [-0.39, 0.29) is 11.0 Å². The van der Waals surface area contributed by atoms with Crippen LogP contribution in [0.25, 0.3) is 0 Å². The maximum atomic E-state index is 10.9. The van der Waals surface area contributed by atoms with E-state index in [0.29, 0.717) is 11.3 Å². The van der Waals surface area contributed by atoms with Crippen molar-refractivity contribution >= 4 is 34.8 Å². The number of hydrogen-bond donors (Lipinski definition) is 3. The van der Waals surface area contributed by atoms with Crippen LogP contribution in [0.3, 0.4) is 0 Å². The highest BCUT2D eigenvalue weighted by atomic mass is 32.1. The second-order valence-corrected chi connectivity index (χ2v) is 3.49. The van der Waals surface area contributed by atoms with Crippen LogP contribution in [0.1, 0.15) is 17.3 Å². The van der Waals surface area contributed by atoms with Gasteiger partial charge in [0, 0.05) is 18.2 Å². The standard InChI is InChI=1S/C10H11N3O2S/c1-6(14)12-10(16)13-8-4-2-3-7(5-8)9(11)15/h2-5H,1H3,(H2,11,15)(H2,12,13,14,16). The van der Waals surface area contributed by atoms with Crippen LogP contribution >= 0.6 is 12.2 Å². The third-order valence-electron chi connectivity index (χ3n) is 1.69. The molecule has 0 atom stereocenters. The fourth-order valence-electron chi connectivity index (χ4n) is 1.07. The van der Waals surface area contributed by atoms with Gasteiger partial charge in [-0.3, -0.25) is 9.59 Å². The van der Waals surface area contributed by atoms with Crippen molar-refractivity contribution in [3.05, 3.63) is 29.8 Å². The van der Waals surface area contributed by atoms with Crippen molar-refractivity contribution in [1.82, 2.24) is 5.32 Å². The number of benzene rings is 1. The number of thiocarbonyl (C=S) groups is 1. The molecular weight excluding hydrogens is 226 g/mol. The average Bonchev–Trinajstić information content (AvgIpc) is 2.16. The summed E-state index contributed by atoms with van der Waals surface area (Å²) in [6.07, 6.45) is 0. The summed E-state index contributed by atoms with van der Waals surface area (Å²) in [6, 6.07) is 6.52. The number of nitrogens with two attached hydrogens (primary N) is 1. The number of hydrogen-bond acceptors (Lipinski definition) is 3. The molecule has 0 aliphatic carbocycles. The summed E-state index contributed by atoms with van der Waals surface area (Å²) in [5.41, 5.74) is 6.09. The first-order valence-corrected chi connectivity index (χ1v) is 4.88. The molecule has 16 heavy (non-hydrogen) atoms. The summed E-state index contributed by atoms with van der Waals surface area (Å²) < 4.78 is 0. The molecule has 84 valence electrons. The van der Waals surface area contributed by atoms with Gasteiger partial charge in [-0.05, 0) is 30.4 Å². The van der Waals surface area contributed by atoms with E-state index < -0.39 is 5.91 Å². The molecule has 0 aliphatic heterocycles. The molecule has 0 bridgehead atoms. The second kappa shape index (κ2) is 5.22. The van der Waals surface area contributed by atoms with Crippen LogP contribution < -0.4 is 16.4 Å². The first kappa shape index (κ1) is 12.1. The first-order chi connectivity index (χ1) is 7.49. The molecule has 5 nitrogen and oxygen atoms in total. The van der Waals surface area contributed by atoms with Gasteiger partial charge in [-0.2, -0.15) is 0 Å². The Labute approximate surface area is 98.0 Å². The highest BCUT2D eigenvalue weighted by Gasteiger charge is 2.03. The van der Waals surface area contributed by atoms with Crippen molar-refractivity contribution in [2.24, 2.45) is 5.73 Å². The van der Waals surface area contributed by atoms with Gasteiger partial charge < -0.3 is 16.4 Å². The van der Waals surface area contributed by atoms with E-state index in [9.17, 15) is 9.59 Å². The minimum absolute atomic E-state index is 0.175. The van der Waals surface area contributed by atoms with Crippen LogP contribution in [0.4, 0.5) is 5.69 Å². The molecule has 0 unspecified atom stereocenters. The SMILES string of the molecule is CC(=O)NC(=S)Nc1cccc(C(N)=O)c1. The molecule has 0 aliphatic rings. The Hall–Kier alpha value is -1.95. The topological polar surface area (TPSA) is 84.2 Å². The minimum Gasteiger partial charge on any atom is -0.366 e. The molecule has 1 aromatic rings. The minimum atomic E-state index is -0.519. The Morgan fingerprint density at radius 3 is 2.62 bits per heavy atom. The monoisotopic (exact) mass is 237 g/mol. The smallest absolute Gasteiger partial charge is 0.248 e. The zero-order chi connectivity index (χ0) is 12.1. The number of rotatable bonds is 2. The van der Waals surface area contributed by atoms with Gasteiger partial charge in [0.1, 0.15) is 0 Å². The van der Waals surface area contributed by atoms with Gasteiger partial charge in [-0.25, -0.2) is 0 Å². The number of nitrogens with one attached hydrogen (secondary N) is 2. The molecular formula is C10H11N3O2S. The van der Waals surface area contributed by atoms with E-state index in [1.54, 1.807) is 24.3 Å².